The molecule has 0 nitrogen and oxygen atoms in total. The van der Waals surface area contributed by atoms with Crippen molar-refractivity contribution >= 4 is 256 Å². The first-order valence-corrected chi connectivity index (χ1v) is 0. The minimum atomic E-state index is 0. The fraction of sp³-hybridized carbons (Fsp3) is 0. The molecule has 0 saturated carbocycles. The van der Waals surface area contributed by atoms with Gasteiger partial charge in [-0.15, -0.1) is 102 Å². The van der Waals surface area contributed by atoms with Crippen molar-refractivity contribution in [2.75, 3.05) is 0 Å². The van der Waals surface area contributed by atoms with E-state index in [-0.39, 0.29) is 276 Å². The van der Waals surface area contributed by atoms with Gasteiger partial charge in [-0.1, -0.05) is 0 Å². The minimum Gasteiger partial charge on any atom is 0 e. The zero-order chi connectivity index (χ0) is 0. The van der Waals surface area contributed by atoms with Gasteiger partial charge in [-0.05, 0) is 0 Å². The molecule has 0 aromatic heterocycles. The van der Waals surface area contributed by atoms with Gasteiger partial charge >= 0.3 is 154 Å². The molecule has 0 rings (SSSR count). The van der Waals surface area contributed by atoms with E-state index in [9.17, 15) is 0 Å². The first-order valence-electron chi connectivity index (χ1n) is 0. The summed E-state index contributed by atoms with van der Waals surface area (Å²) in [5.74, 6) is 0. The van der Waals surface area contributed by atoms with Crippen molar-refractivity contribution in [1.82, 2.24) is 0 Å². The van der Waals surface area contributed by atoms with Gasteiger partial charge in [-0.2, -0.15) is 0 Å². The van der Waals surface area contributed by atoms with Gasteiger partial charge in [0.25, 0.3) is 0 Å². The summed E-state index contributed by atoms with van der Waals surface area (Å²) in [7, 11) is 0. The summed E-state index contributed by atoms with van der Waals surface area (Å²) in [6.07, 6.45) is 0. The predicted octanol–water partition coefficient (Wildman–Crippen LogP) is 1.52. The fourth-order valence-corrected chi connectivity index (χ4v) is 0. The zero-order valence-electron chi connectivity index (χ0n) is 2.78. The van der Waals surface area contributed by atoms with Gasteiger partial charge in [0, 0.05) is 19.5 Å². The largest absolute Gasteiger partial charge is 0 e. The van der Waals surface area contributed by atoms with Crippen LogP contribution in [0.3, 0.4) is 0 Å². The van der Waals surface area contributed by atoms with Crippen LogP contribution in [0.5, 0.6) is 0 Å². The monoisotopic (exact) mass is 702 g/mol. The van der Waals surface area contributed by atoms with E-state index in [4.69, 9.17) is 0 Å². The van der Waals surface area contributed by atoms with Crippen molar-refractivity contribution in [2.45, 2.75) is 0 Å². The van der Waals surface area contributed by atoms with Crippen molar-refractivity contribution < 1.29 is 19.5 Å². The number of hydrogen-bond acceptors (Lipinski definition) is 0. The van der Waals surface area contributed by atoms with Crippen LogP contribution in [0.25, 0.3) is 0 Å². The average molecular weight is 709 g/mol. The molecule has 0 fully saturated rings. The Hall–Kier alpha value is 8.41. The van der Waals surface area contributed by atoms with E-state index in [0.29, 0.717) is 0 Å². The topological polar surface area (TPSA) is 0 Å². The van der Waals surface area contributed by atoms with Crippen molar-refractivity contribution in [3.63, 3.8) is 0 Å². The molecular formula is H9Br6K3Rh. The summed E-state index contributed by atoms with van der Waals surface area (Å²) < 4.78 is 0. The molecule has 0 aromatic rings. The van der Waals surface area contributed by atoms with E-state index in [1.165, 1.54) is 0 Å². The maximum absolute atomic E-state index is 0. The number of hydrogen-bond donors (Lipinski definition) is 0. The summed E-state index contributed by atoms with van der Waals surface area (Å²) in [4.78, 5) is 0. The Labute approximate surface area is 266 Å². The van der Waals surface area contributed by atoms with Gasteiger partial charge in [-0.3, -0.25) is 0 Å². The van der Waals surface area contributed by atoms with E-state index in [1.54, 1.807) is 0 Å². The molecule has 0 N–H and O–H groups in total. The molecule has 0 heterocycles. The smallest absolute Gasteiger partial charge is 0 e. The molecule has 10 heavy (non-hydrogen) atoms. The second-order valence-electron chi connectivity index (χ2n) is 0. The quantitative estimate of drug-likeness (QED) is 0.336. The van der Waals surface area contributed by atoms with E-state index in [0.717, 1.165) is 0 Å². The van der Waals surface area contributed by atoms with Crippen LogP contribution in [-0.4, -0.2) is 154 Å². The van der Waals surface area contributed by atoms with Crippen LogP contribution in [0.4, 0.5) is 0 Å². The molecule has 0 aliphatic rings. The fourth-order valence-electron chi connectivity index (χ4n) is 0. The summed E-state index contributed by atoms with van der Waals surface area (Å²) >= 11 is 0. The molecule has 1 radical (unpaired) electrons. The Balaban J connectivity index is 0. The molecule has 10 heteroatoms. The number of rotatable bonds is 0. The van der Waals surface area contributed by atoms with Gasteiger partial charge in [0.05, 0.1) is 0 Å². The SMILES string of the molecule is Br.Br.Br.Br.Br.Br.[KH].[KH].[KH].[Rh]. The Kier molecular flexibility index (Phi) is 523. The van der Waals surface area contributed by atoms with E-state index in [1.807, 2.05) is 0 Å². The van der Waals surface area contributed by atoms with Crippen molar-refractivity contribution in [2.24, 2.45) is 0 Å². The van der Waals surface area contributed by atoms with Crippen LogP contribution in [0, 0.1) is 0 Å². The first-order chi connectivity index (χ1) is 0. The third-order valence-electron chi connectivity index (χ3n) is 0. The average Bonchev–Trinajstić information content (AvgIpc) is 0. The predicted molar refractivity (Wildman–Crippen MR) is 83.4 cm³/mol. The molecule has 0 unspecified atom stereocenters. The van der Waals surface area contributed by atoms with Crippen LogP contribution in [-0.2, 0) is 19.5 Å². The third kappa shape index (κ3) is 55.1. The van der Waals surface area contributed by atoms with Gasteiger partial charge in [0.1, 0.15) is 0 Å². The molecule has 0 saturated heterocycles. The molecule has 0 aromatic carbocycles. The molecule has 0 aliphatic heterocycles. The molecule has 0 aliphatic carbocycles. The minimum absolute atomic E-state index is 0. The molecule has 0 spiro atoms. The molecular weight excluding hydrogens is 700 g/mol. The van der Waals surface area contributed by atoms with Crippen LogP contribution in [0.1, 0.15) is 0 Å². The van der Waals surface area contributed by atoms with Crippen LogP contribution in [0.15, 0.2) is 0 Å². The second kappa shape index (κ2) is 66.3. The molecule has 0 bridgehead atoms. The second-order valence-corrected chi connectivity index (χ2v) is 0. The Bertz CT molecular complexity index is 13.0. The summed E-state index contributed by atoms with van der Waals surface area (Å²) in [6.45, 7) is 0. The van der Waals surface area contributed by atoms with Gasteiger partial charge in [-0.25, -0.2) is 0 Å². The summed E-state index contributed by atoms with van der Waals surface area (Å²) in [5.41, 5.74) is 0. The normalized spacial score (nSPS) is 0. The van der Waals surface area contributed by atoms with Gasteiger partial charge < -0.3 is 0 Å². The van der Waals surface area contributed by atoms with Crippen molar-refractivity contribution in [1.29, 1.82) is 0 Å². The maximum Gasteiger partial charge on any atom is 0 e. The Morgan fingerprint density at radius 1 is 0.300 bits per heavy atom. The Morgan fingerprint density at radius 2 is 0.300 bits per heavy atom. The summed E-state index contributed by atoms with van der Waals surface area (Å²) in [5, 5.41) is 0. The van der Waals surface area contributed by atoms with Crippen molar-refractivity contribution in [3.05, 3.63) is 0 Å². The van der Waals surface area contributed by atoms with Crippen LogP contribution >= 0.6 is 102 Å². The third-order valence-corrected chi connectivity index (χ3v) is 0. The number of halogens is 6. The van der Waals surface area contributed by atoms with Gasteiger partial charge in [0.15, 0.2) is 0 Å². The first kappa shape index (κ1) is 78.9. The summed E-state index contributed by atoms with van der Waals surface area (Å²) in [6, 6.07) is 0. The van der Waals surface area contributed by atoms with E-state index >= 15 is 0 Å². The molecule has 63 valence electrons. The van der Waals surface area contributed by atoms with Crippen LogP contribution in [0.2, 0.25) is 0 Å². The molecule has 0 atom stereocenters. The standard InChI is InChI=1S/6BrH.3K.Rh.3H/h6*1H;;;;;;;. The van der Waals surface area contributed by atoms with Crippen molar-refractivity contribution in [3.8, 4) is 0 Å². The van der Waals surface area contributed by atoms with Gasteiger partial charge in [0.2, 0.25) is 0 Å². The maximum atomic E-state index is 0. The molecule has 0 amide bonds. The zero-order valence-corrected chi connectivity index (χ0v) is 14.7. The van der Waals surface area contributed by atoms with E-state index in [2.05, 4.69) is 0 Å². The Morgan fingerprint density at radius 3 is 0.300 bits per heavy atom. The van der Waals surface area contributed by atoms with Crippen LogP contribution < -0.4 is 0 Å². The van der Waals surface area contributed by atoms with E-state index < -0.39 is 0 Å².